The third-order valence-electron chi connectivity index (χ3n) is 2.87. The number of hydrogen-bond donors (Lipinski definition) is 3. The molecule has 2 rings (SSSR count). The SMILES string of the molecule is OCCNCCN=Cc1c(O)ccc2ccccc12. The normalized spacial score (nSPS) is 11.4. The minimum Gasteiger partial charge on any atom is -0.507 e. The molecule has 2 aromatic carbocycles. The second kappa shape index (κ2) is 6.87. The summed E-state index contributed by atoms with van der Waals surface area (Å²) in [5, 5.41) is 23.7. The molecule has 3 N–H and O–H groups in total. The van der Waals surface area contributed by atoms with Crippen LogP contribution in [-0.4, -0.2) is 42.7 Å². The quantitative estimate of drug-likeness (QED) is 0.544. The molecule has 0 saturated heterocycles. The van der Waals surface area contributed by atoms with E-state index in [9.17, 15) is 5.11 Å². The van der Waals surface area contributed by atoms with Crippen LogP contribution >= 0.6 is 0 Å². The number of benzene rings is 2. The van der Waals surface area contributed by atoms with E-state index < -0.39 is 0 Å². The molecule has 0 aliphatic heterocycles. The van der Waals surface area contributed by atoms with Gasteiger partial charge in [-0.1, -0.05) is 30.3 Å². The molecule has 0 bridgehead atoms. The molecule has 0 fully saturated rings. The van der Waals surface area contributed by atoms with Gasteiger partial charge in [-0.3, -0.25) is 4.99 Å². The molecule has 0 spiro atoms. The van der Waals surface area contributed by atoms with E-state index in [0.29, 0.717) is 19.6 Å². The number of aliphatic hydroxyl groups excluding tert-OH is 1. The summed E-state index contributed by atoms with van der Waals surface area (Å²) in [4.78, 5) is 4.30. The van der Waals surface area contributed by atoms with Crippen LogP contribution < -0.4 is 5.32 Å². The molecule has 0 aliphatic rings. The number of phenolic OH excluding ortho intramolecular Hbond substituents is 1. The lowest BCUT2D eigenvalue weighted by Crippen LogP contribution is -2.21. The summed E-state index contributed by atoms with van der Waals surface area (Å²) >= 11 is 0. The third kappa shape index (κ3) is 3.53. The van der Waals surface area contributed by atoms with Crippen molar-refractivity contribution in [1.82, 2.24) is 5.32 Å². The first-order chi connectivity index (χ1) is 9.33. The molecule has 4 nitrogen and oxygen atoms in total. The molecule has 0 aromatic heterocycles. The van der Waals surface area contributed by atoms with Crippen LogP contribution in [-0.2, 0) is 0 Å². The topological polar surface area (TPSA) is 64.8 Å². The van der Waals surface area contributed by atoms with Crippen LogP contribution in [0.1, 0.15) is 5.56 Å². The molecule has 0 atom stereocenters. The van der Waals surface area contributed by atoms with Crippen LogP contribution in [0.25, 0.3) is 10.8 Å². The summed E-state index contributed by atoms with van der Waals surface area (Å²) in [6.45, 7) is 2.04. The zero-order valence-electron chi connectivity index (χ0n) is 10.7. The molecule has 100 valence electrons. The van der Waals surface area contributed by atoms with Crippen molar-refractivity contribution in [2.45, 2.75) is 0 Å². The maximum atomic E-state index is 9.91. The molecule has 2 aromatic rings. The molecule has 0 unspecified atom stereocenters. The highest BCUT2D eigenvalue weighted by Gasteiger charge is 2.03. The number of aliphatic imine (C=N–C) groups is 1. The molecular weight excluding hydrogens is 240 g/mol. The molecule has 19 heavy (non-hydrogen) atoms. The lowest BCUT2D eigenvalue weighted by molar-refractivity contribution is 0.293. The van der Waals surface area contributed by atoms with Gasteiger partial charge in [0.25, 0.3) is 0 Å². The van der Waals surface area contributed by atoms with Gasteiger partial charge in [0.05, 0.1) is 13.2 Å². The van der Waals surface area contributed by atoms with Gasteiger partial charge in [-0.15, -0.1) is 0 Å². The summed E-state index contributed by atoms with van der Waals surface area (Å²) in [5.74, 6) is 0.241. The summed E-state index contributed by atoms with van der Waals surface area (Å²) in [6, 6.07) is 11.5. The third-order valence-corrected chi connectivity index (χ3v) is 2.87. The summed E-state index contributed by atoms with van der Waals surface area (Å²) in [7, 11) is 0. The average molecular weight is 258 g/mol. The number of aromatic hydroxyl groups is 1. The van der Waals surface area contributed by atoms with Crippen LogP contribution in [0, 0.1) is 0 Å². The van der Waals surface area contributed by atoms with Gasteiger partial charge in [0.1, 0.15) is 5.75 Å². The van der Waals surface area contributed by atoms with Gasteiger partial charge in [0.15, 0.2) is 0 Å². The summed E-state index contributed by atoms with van der Waals surface area (Å²) < 4.78 is 0. The second-order valence-corrected chi connectivity index (χ2v) is 4.23. The maximum absolute atomic E-state index is 9.91. The summed E-state index contributed by atoms with van der Waals surface area (Å²) in [5.41, 5.74) is 0.750. The molecule has 0 radical (unpaired) electrons. The Morgan fingerprint density at radius 2 is 1.95 bits per heavy atom. The van der Waals surface area contributed by atoms with Crippen molar-refractivity contribution < 1.29 is 10.2 Å². The van der Waals surface area contributed by atoms with Crippen molar-refractivity contribution in [1.29, 1.82) is 0 Å². The molecule has 4 heteroatoms. The zero-order valence-corrected chi connectivity index (χ0v) is 10.7. The largest absolute Gasteiger partial charge is 0.507 e. The van der Waals surface area contributed by atoms with Crippen molar-refractivity contribution in [2.75, 3.05) is 26.2 Å². The first-order valence-electron chi connectivity index (χ1n) is 6.35. The molecule has 0 aliphatic carbocycles. The molecule has 0 saturated carbocycles. The van der Waals surface area contributed by atoms with E-state index in [-0.39, 0.29) is 12.4 Å². The van der Waals surface area contributed by atoms with Crippen molar-refractivity contribution in [3.8, 4) is 5.75 Å². The predicted molar refractivity (Wildman–Crippen MR) is 78.0 cm³/mol. The molecular formula is C15H18N2O2. The van der Waals surface area contributed by atoms with Crippen LogP contribution in [0.3, 0.4) is 0 Å². The van der Waals surface area contributed by atoms with E-state index >= 15 is 0 Å². The highest BCUT2D eigenvalue weighted by Crippen LogP contribution is 2.25. The van der Waals surface area contributed by atoms with Crippen LogP contribution in [0.4, 0.5) is 0 Å². The van der Waals surface area contributed by atoms with Crippen molar-refractivity contribution in [3.63, 3.8) is 0 Å². The Balaban J connectivity index is 2.11. The Morgan fingerprint density at radius 3 is 2.79 bits per heavy atom. The number of phenols is 1. The minimum atomic E-state index is 0.133. The van der Waals surface area contributed by atoms with Crippen LogP contribution in [0.5, 0.6) is 5.75 Å². The molecule has 0 amide bonds. The fraction of sp³-hybridized carbons (Fsp3) is 0.267. The Labute approximate surface area is 112 Å². The minimum absolute atomic E-state index is 0.133. The lowest BCUT2D eigenvalue weighted by atomic mass is 10.0. The fourth-order valence-corrected chi connectivity index (χ4v) is 1.92. The number of rotatable bonds is 6. The Kier molecular flexibility index (Phi) is 4.89. The maximum Gasteiger partial charge on any atom is 0.124 e. The monoisotopic (exact) mass is 258 g/mol. The number of nitrogens with one attached hydrogen (secondary N) is 1. The van der Waals surface area contributed by atoms with E-state index in [0.717, 1.165) is 16.3 Å². The fourth-order valence-electron chi connectivity index (χ4n) is 1.92. The standard InChI is InChI=1S/C15H18N2O2/c18-10-9-16-7-8-17-11-14-13-4-2-1-3-12(13)5-6-15(14)19/h1-6,11,16,18-19H,7-10H2. The Bertz CT molecular complexity index is 567. The van der Waals surface area contributed by atoms with Crippen molar-refractivity contribution in [3.05, 3.63) is 42.0 Å². The van der Waals surface area contributed by atoms with E-state index in [1.807, 2.05) is 30.3 Å². The predicted octanol–water partition coefficient (Wildman–Crippen LogP) is 1.55. The van der Waals surface area contributed by atoms with Crippen LogP contribution in [0.2, 0.25) is 0 Å². The Morgan fingerprint density at radius 1 is 1.11 bits per heavy atom. The molecule has 0 heterocycles. The smallest absolute Gasteiger partial charge is 0.124 e. The Hall–Kier alpha value is -1.91. The lowest BCUT2D eigenvalue weighted by Gasteiger charge is -2.04. The zero-order chi connectivity index (χ0) is 13.5. The van der Waals surface area contributed by atoms with Gasteiger partial charge in [-0.05, 0) is 16.8 Å². The number of aliphatic hydroxyl groups is 1. The highest BCUT2D eigenvalue weighted by molar-refractivity contribution is 6.02. The highest BCUT2D eigenvalue weighted by atomic mass is 16.3. The first-order valence-corrected chi connectivity index (χ1v) is 6.35. The van der Waals surface area contributed by atoms with Crippen LogP contribution in [0.15, 0.2) is 41.4 Å². The van der Waals surface area contributed by atoms with Gasteiger partial charge in [-0.2, -0.15) is 0 Å². The number of fused-ring (bicyclic) bond motifs is 1. The van der Waals surface area contributed by atoms with Gasteiger partial charge in [0, 0.05) is 24.9 Å². The summed E-state index contributed by atoms with van der Waals surface area (Å²) in [6.07, 6.45) is 1.71. The van der Waals surface area contributed by atoms with E-state index in [2.05, 4.69) is 10.3 Å². The van der Waals surface area contributed by atoms with E-state index in [1.165, 1.54) is 0 Å². The van der Waals surface area contributed by atoms with Gasteiger partial charge < -0.3 is 15.5 Å². The van der Waals surface area contributed by atoms with Gasteiger partial charge in [0.2, 0.25) is 0 Å². The van der Waals surface area contributed by atoms with Gasteiger partial charge >= 0.3 is 0 Å². The number of hydrogen-bond acceptors (Lipinski definition) is 4. The van der Waals surface area contributed by atoms with E-state index in [4.69, 9.17) is 5.11 Å². The average Bonchev–Trinajstić information content (AvgIpc) is 2.44. The van der Waals surface area contributed by atoms with Gasteiger partial charge in [-0.25, -0.2) is 0 Å². The van der Waals surface area contributed by atoms with Crippen molar-refractivity contribution in [2.24, 2.45) is 4.99 Å². The first kappa shape index (κ1) is 13.5. The van der Waals surface area contributed by atoms with Crippen molar-refractivity contribution >= 4 is 17.0 Å². The second-order valence-electron chi connectivity index (χ2n) is 4.23. The number of nitrogens with zero attached hydrogens (tertiary/aromatic N) is 1. The van der Waals surface area contributed by atoms with E-state index in [1.54, 1.807) is 12.3 Å².